The van der Waals surface area contributed by atoms with Crippen LogP contribution in [0.1, 0.15) is 24.1 Å². The lowest BCUT2D eigenvalue weighted by atomic mass is 10.1. The first kappa shape index (κ1) is 14.8. The van der Waals surface area contributed by atoms with Crippen LogP contribution in [-0.4, -0.2) is 10.1 Å². The molecular weight excluding hydrogens is 290 g/mol. The molecule has 0 amide bonds. The van der Waals surface area contributed by atoms with Gasteiger partial charge in [-0.2, -0.15) is 0 Å². The molecule has 1 aromatic heterocycles. The number of anilines is 1. The summed E-state index contributed by atoms with van der Waals surface area (Å²) < 4.78 is 0. The number of nitrogens with zero attached hydrogens (tertiary/aromatic N) is 1. The average Bonchev–Trinajstić information content (AvgIpc) is 2.45. The van der Waals surface area contributed by atoms with Crippen LogP contribution in [-0.2, 0) is 0 Å². The van der Waals surface area contributed by atoms with Crippen molar-refractivity contribution in [3.05, 3.63) is 58.9 Å². The van der Waals surface area contributed by atoms with Crippen LogP contribution in [0.4, 0.5) is 5.69 Å². The van der Waals surface area contributed by atoms with Crippen molar-refractivity contribution in [1.82, 2.24) is 10.3 Å². The number of hydrogen-bond donors (Lipinski definition) is 2. The molecule has 20 heavy (non-hydrogen) atoms. The molecule has 0 aliphatic rings. The van der Waals surface area contributed by atoms with Gasteiger partial charge in [0.15, 0.2) is 5.11 Å². The van der Waals surface area contributed by atoms with E-state index in [2.05, 4.69) is 15.6 Å². The maximum absolute atomic E-state index is 6.09. The molecular formula is C15H16ClN3S. The smallest absolute Gasteiger partial charge is 0.171 e. The molecule has 0 aliphatic carbocycles. The Balaban J connectivity index is 2.01. The van der Waals surface area contributed by atoms with Crippen molar-refractivity contribution < 1.29 is 0 Å². The van der Waals surface area contributed by atoms with Crippen LogP contribution in [0, 0.1) is 6.92 Å². The maximum atomic E-state index is 6.09. The third-order valence-corrected chi connectivity index (χ3v) is 3.70. The number of halogens is 1. The van der Waals surface area contributed by atoms with Gasteiger partial charge in [0.25, 0.3) is 0 Å². The molecule has 0 saturated carbocycles. The average molecular weight is 306 g/mol. The fourth-order valence-electron chi connectivity index (χ4n) is 1.83. The minimum Gasteiger partial charge on any atom is -0.356 e. The second kappa shape index (κ2) is 6.68. The quantitative estimate of drug-likeness (QED) is 0.838. The summed E-state index contributed by atoms with van der Waals surface area (Å²) in [5, 5.41) is 7.70. The van der Waals surface area contributed by atoms with Crippen LogP contribution in [0.2, 0.25) is 5.02 Å². The van der Waals surface area contributed by atoms with Crippen molar-refractivity contribution in [3.8, 4) is 0 Å². The molecule has 3 nitrogen and oxygen atoms in total. The number of aromatic nitrogens is 1. The Labute approximate surface area is 129 Å². The normalized spacial score (nSPS) is 11.8. The van der Waals surface area contributed by atoms with Gasteiger partial charge in [0.1, 0.15) is 0 Å². The molecule has 1 aromatic carbocycles. The zero-order valence-corrected chi connectivity index (χ0v) is 12.9. The predicted molar refractivity (Wildman–Crippen MR) is 88.2 cm³/mol. The lowest BCUT2D eigenvalue weighted by Gasteiger charge is -2.18. The van der Waals surface area contributed by atoms with Gasteiger partial charge in [-0.3, -0.25) is 4.98 Å². The molecule has 104 valence electrons. The monoisotopic (exact) mass is 305 g/mol. The summed E-state index contributed by atoms with van der Waals surface area (Å²) in [6, 6.07) is 9.74. The Hall–Kier alpha value is -1.65. The predicted octanol–water partition coefficient (Wildman–Crippen LogP) is 4.09. The van der Waals surface area contributed by atoms with Crippen LogP contribution in [0.25, 0.3) is 0 Å². The molecule has 1 unspecified atom stereocenters. The zero-order valence-electron chi connectivity index (χ0n) is 11.4. The van der Waals surface area contributed by atoms with E-state index in [9.17, 15) is 0 Å². The van der Waals surface area contributed by atoms with Gasteiger partial charge in [0.2, 0.25) is 0 Å². The highest BCUT2D eigenvalue weighted by molar-refractivity contribution is 7.80. The minimum atomic E-state index is 0.109. The minimum absolute atomic E-state index is 0.109. The van der Waals surface area contributed by atoms with Crippen molar-refractivity contribution in [3.63, 3.8) is 0 Å². The van der Waals surface area contributed by atoms with Crippen molar-refractivity contribution in [2.24, 2.45) is 0 Å². The maximum Gasteiger partial charge on any atom is 0.171 e. The third kappa shape index (κ3) is 3.68. The van der Waals surface area contributed by atoms with Crippen molar-refractivity contribution in [1.29, 1.82) is 0 Å². The van der Waals surface area contributed by atoms with E-state index in [1.807, 2.05) is 44.2 Å². The Morgan fingerprint density at radius 3 is 2.65 bits per heavy atom. The van der Waals surface area contributed by atoms with E-state index < -0.39 is 0 Å². The highest BCUT2D eigenvalue weighted by Crippen LogP contribution is 2.23. The third-order valence-electron chi connectivity index (χ3n) is 3.07. The van der Waals surface area contributed by atoms with E-state index in [1.54, 1.807) is 12.4 Å². The van der Waals surface area contributed by atoms with Crippen LogP contribution < -0.4 is 10.6 Å². The molecule has 5 heteroatoms. The van der Waals surface area contributed by atoms with Gasteiger partial charge in [-0.25, -0.2) is 0 Å². The van der Waals surface area contributed by atoms with E-state index in [1.165, 1.54) is 0 Å². The Kier molecular flexibility index (Phi) is 4.93. The largest absolute Gasteiger partial charge is 0.356 e. The van der Waals surface area contributed by atoms with E-state index in [4.69, 9.17) is 23.8 Å². The first-order valence-corrected chi connectivity index (χ1v) is 7.09. The number of thiocarbonyl (C=S) groups is 1. The summed E-state index contributed by atoms with van der Waals surface area (Å²) in [7, 11) is 0. The first-order chi connectivity index (χ1) is 9.58. The van der Waals surface area contributed by atoms with Crippen LogP contribution in [0.5, 0.6) is 0 Å². The van der Waals surface area contributed by atoms with Gasteiger partial charge in [-0.05, 0) is 61.5 Å². The number of nitrogens with one attached hydrogen (secondary N) is 2. The lowest BCUT2D eigenvalue weighted by molar-refractivity contribution is 0.721. The molecule has 2 N–H and O–H groups in total. The molecule has 0 saturated heterocycles. The van der Waals surface area contributed by atoms with E-state index >= 15 is 0 Å². The van der Waals surface area contributed by atoms with Crippen molar-refractivity contribution >= 4 is 34.6 Å². The molecule has 1 heterocycles. The molecule has 0 bridgehead atoms. The molecule has 2 aromatic rings. The summed E-state index contributed by atoms with van der Waals surface area (Å²) in [5.41, 5.74) is 3.03. The number of pyridine rings is 1. The SMILES string of the molecule is Cc1c(Cl)cccc1NC(=S)NC(C)c1ccncc1. The highest BCUT2D eigenvalue weighted by atomic mass is 35.5. The second-order valence-electron chi connectivity index (χ2n) is 4.51. The summed E-state index contributed by atoms with van der Waals surface area (Å²) >= 11 is 11.4. The molecule has 0 radical (unpaired) electrons. The van der Waals surface area contributed by atoms with Crippen LogP contribution >= 0.6 is 23.8 Å². The number of rotatable bonds is 3. The molecule has 2 rings (SSSR count). The van der Waals surface area contributed by atoms with E-state index in [-0.39, 0.29) is 6.04 Å². The molecule has 1 atom stereocenters. The zero-order chi connectivity index (χ0) is 14.5. The van der Waals surface area contributed by atoms with Gasteiger partial charge in [-0.1, -0.05) is 17.7 Å². The molecule has 0 aliphatic heterocycles. The first-order valence-electron chi connectivity index (χ1n) is 6.30. The standard InChI is InChI=1S/C15H16ClN3S/c1-10-13(16)4-3-5-14(10)19-15(20)18-11(2)12-6-8-17-9-7-12/h3-9,11H,1-2H3,(H2,18,19,20). The van der Waals surface area contributed by atoms with E-state index in [0.717, 1.165) is 21.8 Å². The Bertz CT molecular complexity index is 601. The Morgan fingerprint density at radius 1 is 1.25 bits per heavy atom. The summed E-state index contributed by atoms with van der Waals surface area (Å²) in [6.45, 7) is 4.01. The Morgan fingerprint density at radius 2 is 1.95 bits per heavy atom. The van der Waals surface area contributed by atoms with E-state index in [0.29, 0.717) is 5.11 Å². The van der Waals surface area contributed by atoms with Crippen molar-refractivity contribution in [2.75, 3.05) is 5.32 Å². The van der Waals surface area contributed by atoms with Gasteiger partial charge in [0.05, 0.1) is 6.04 Å². The van der Waals surface area contributed by atoms with Crippen LogP contribution in [0.3, 0.4) is 0 Å². The topological polar surface area (TPSA) is 37.0 Å². The molecule has 0 spiro atoms. The second-order valence-corrected chi connectivity index (χ2v) is 5.33. The van der Waals surface area contributed by atoms with Gasteiger partial charge < -0.3 is 10.6 Å². The number of benzene rings is 1. The lowest BCUT2D eigenvalue weighted by Crippen LogP contribution is -2.31. The summed E-state index contributed by atoms with van der Waals surface area (Å²) in [5.74, 6) is 0. The highest BCUT2D eigenvalue weighted by Gasteiger charge is 2.08. The summed E-state index contributed by atoms with van der Waals surface area (Å²) in [4.78, 5) is 4.01. The van der Waals surface area contributed by atoms with Crippen molar-refractivity contribution in [2.45, 2.75) is 19.9 Å². The van der Waals surface area contributed by atoms with Crippen LogP contribution in [0.15, 0.2) is 42.7 Å². The fourth-order valence-corrected chi connectivity index (χ4v) is 2.29. The fraction of sp³-hybridized carbons (Fsp3) is 0.200. The molecule has 0 fully saturated rings. The summed E-state index contributed by atoms with van der Waals surface area (Å²) in [6.07, 6.45) is 3.54. The van der Waals surface area contributed by atoms with Gasteiger partial charge >= 0.3 is 0 Å². The van der Waals surface area contributed by atoms with Gasteiger partial charge in [0, 0.05) is 23.1 Å². The number of hydrogen-bond acceptors (Lipinski definition) is 2. The van der Waals surface area contributed by atoms with Gasteiger partial charge in [-0.15, -0.1) is 0 Å².